The first-order valence-corrected chi connectivity index (χ1v) is 5.17. The molecule has 0 aliphatic heterocycles. The fourth-order valence-corrected chi connectivity index (χ4v) is 1.41. The highest BCUT2D eigenvalue weighted by Crippen LogP contribution is 2.21. The smallest absolute Gasteiger partial charge is 0.272 e. The van der Waals surface area contributed by atoms with Crippen LogP contribution < -0.4 is 5.32 Å². The zero-order chi connectivity index (χ0) is 12.8. The summed E-state index contributed by atoms with van der Waals surface area (Å²) in [5, 5.41) is 13.3. The maximum absolute atomic E-state index is 10.7. The second-order valence-electron chi connectivity index (χ2n) is 3.59. The van der Waals surface area contributed by atoms with Gasteiger partial charge in [-0.25, -0.2) is 0 Å². The largest absolute Gasteiger partial charge is 0.353 e. The molecule has 0 aromatic heterocycles. The third-order valence-corrected chi connectivity index (χ3v) is 2.31. The molecule has 1 N–H and O–H groups in total. The van der Waals surface area contributed by atoms with E-state index in [4.69, 9.17) is 0 Å². The molecule has 5 nitrogen and oxygen atoms in total. The molecule has 90 valence electrons. The van der Waals surface area contributed by atoms with Crippen LogP contribution >= 0.6 is 0 Å². The van der Waals surface area contributed by atoms with E-state index in [1.807, 2.05) is 0 Å². The first-order chi connectivity index (χ1) is 8.02. The summed E-state index contributed by atoms with van der Waals surface area (Å²) in [5.41, 5.74) is 1.51. The molecule has 0 aliphatic rings. The second-order valence-corrected chi connectivity index (χ2v) is 3.59. The minimum Gasteiger partial charge on any atom is -0.353 e. The number of carbonyl (C=O) groups is 1. The highest BCUT2D eigenvalue weighted by Gasteiger charge is 2.10. The summed E-state index contributed by atoms with van der Waals surface area (Å²) < 4.78 is 0. The topological polar surface area (TPSA) is 72.2 Å². The zero-order valence-electron chi connectivity index (χ0n) is 9.77. The fraction of sp³-hybridized carbons (Fsp3) is 0.250. The summed E-state index contributed by atoms with van der Waals surface area (Å²) in [5.74, 6) is -0.106. The Morgan fingerprint density at radius 1 is 1.53 bits per heavy atom. The molecule has 0 spiro atoms. The number of nitro benzene ring substituents is 1. The van der Waals surface area contributed by atoms with E-state index in [9.17, 15) is 14.9 Å². The van der Waals surface area contributed by atoms with E-state index in [1.165, 1.54) is 13.0 Å². The van der Waals surface area contributed by atoms with Gasteiger partial charge >= 0.3 is 0 Å². The summed E-state index contributed by atoms with van der Waals surface area (Å²) in [4.78, 5) is 20.9. The van der Waals surface area contributed by atoms with Crippen LogP contribution in [0.4, 0.5) is 5.69 Å². The number of hydrogen-bond acceptors (Lipinski definition) is 3. The molecule has 0 heterocycles. The maximum atomic E-state index is 10.7. The Kier molecular flexibility index (Phi) is 4.39. The van der Waals surface area contributed by atoms with E-state index >= 15 is 0 Å². The van der Waals surface area contributed by atoms with Gasteiger partial charge in [-0.3, -0.25) is 14.9 Å². The van der Waals surface area contributed by atoms with E-state index < -0.39 is 4.92 Å². The molecule has 0 saturated heterocycles. The van der Waals surface area contributed by atoms with Crippen molar-refractivity contribution in [1.82, 2.24) is 5.32 Å². The lowest BCUT2D eigenvalue weighted by molar-refractivity contribution is -0.385. The van der Waals surface area contributed by atoms with Gasteiger partial charge in [0.25, 0.3) is 5.69 Å². The Balaban J connectivity index is 2.81. The molecule has 0 bridgehead atoms. The van der Waals surface area contributed by atoms with Crippen molar-refractivity contribution < 1.29 is 9.72 Å². The molecule has 1 aromatic rings. The summed E-state index contributed by atoms with van der Waals surface area (Å²) in [6.07, 6.45) is 3.52. The van der Waals surface area contributed by atoms with Crippen LogP contribution in [-0.2, 0) is 4.79 Å². The van der Waals surface area contributed by atoms with Crippen LogP contribution in [0.5, 0.6) is 0 Å². The normalized spacial score (nSPS) is 10.5. The number of carbonyl (C=O) groups excluding carboxylic acids is 1. The lowest BCUT2D eigenvalue weighted by Crippen LogP contribution is -2.19. The van der Waals surface area contributed by atoms with Gasteiger partial charge in [0.05, 0.1) is 4.92 Å². The van der Waals surface area contributed by atoms with Crippen molar-refractivity contribution in [3.05, 3.63) is 45.5 Å². The quantitative estimate of drug-likeness (QED) is 0.640. The minimum atomic E-state index is -0.402. The summed E-state index contributed by atoms with van der Waals surface area (Å²) >= 11 is 0. The molecular weight excluding hydrogens is 220 g/mol. The van der Waals surface area contributed by atoms with Crippen LogP contribution in [0.2, 0.25) is 0 Å². The number of hydrogen-bond donors (Lipinski definition) is 1. The molecule has 0 fully saturated rings. The number of nitrogens with one attached hydrogen (secondary N) is 1. The third kappa shape index (κ3) is 3.71. The Labute approximate surface area is 99.3 Å². The molecule has 0 aliphatic carbocycles. The highest BCUT2D eigenvalue weighted by molar-refractivity contribution is 5.73. The van der Waals surface area contributed by atoms with E-state index in [2.05, 4.69) is 5.32 Å². The fourth-order valence-electron chi connectivity index (χ4n) is 1.41. The maximum Gasteiger partial charge on any atom is 0.272 e. The van der Waals surface area contributed by atoms with Gasteiger partial charge in [-0.05, 0) is 12.5 Å². The molecule has 0 unspecified atom stereocenters. The number of benzene rings is 1. The monoisotopic (exact) mass is 234 g/mol. The van der Waals surface area contributed by atoms with Crippen LogP contribution in [0.3, 0.4) is 0 Å². The van der Waals surface area contributed by atoms with Gasteiger partial charge in [0.2, 0.25) is 5.91 Å². The van der Waals surface area contributed by atoms with E-state index in [-0.39, 0.29) is 11.6 Å². The van der Waals surface area contributed by atoms with Crippen molar-refractivity contribution >= 4 is 17.7 Å². The first kappa shape index (κ1) is 12.9. The summed E-state index contributed by atoms with van der Waals surface area (Å²) in [6, 6.07) is 4.91. The average Bonchev–Trinajstić information content (AvgIpc) is 2.25. The van der Waals surface area contributed by atoms with Crippen molar-refractivity contribution in [2.45, 2.75) is 13.8 Å². The lowest BCUT2D eigenvalue weighted by Gasteiger charge is -2.01. The Morgan fingerprint density at radius 3 is 2.82 bits per heavy atom. The number of nitro groups is 1. The minimum absolute atomic E-state index is 0.103. The van der Waals surface area contributed by atoms with Crippen LogP contribution in [-0.4, -0.2) is 17.4 Å². The Morgan fingerprint density at radius 2 is 2.24 bits per heavy atom. The molecule has 0 atom stereocenters. The van der Waals surface area contributed by atoms with Crippen molar-refractivity contribution in [3.63, 3.8) is 0 Å². The van der Waals surface area contributed by atoms with Crippen LogP contribution in [0.1, 0.15) is 18.1 Å². The zero-order valence-corrected chi connectivity index (χ0v) is 9.77. The van der Waals surface area contributed by atoms with Crippen molar-refractivity contribution in [3.8, 4) is 0 Å². The molecule has 17 heavy (non-hydrogen) atoms. The van der Waals surface area contributed by atoms with Gasteiger partial charge in [-0.2, -0.15) is 0 Å². The molecule has 1 amide bonds. The first-order valence-electron chi connectivity index (χ1n) is 5.17. The number of rotatable bonds is 4. The molecule has 1 aromatic carbocycles. The molecule has 5 heteroatoms. The van der Waals surface area contributed by atoms with E-state index in [0.29, 0.717) is 12.1 Å². The predicted molar refractivity (Wildman–Crippen MR) is 65.6 cm³/mol. The number of amides is 1. The predicted octanol–water partition coefficient (Wildman–Crippen LogP) is 2.05. The summed E-state index contributed by atoms with van der Waals surface area (Å²) in [7, 11) is 0. The number of nitrogens with zero attached hydrogens (tertiary/aromatic N) is 1. The lowest BCUT2D eigenvalue weighted by atomic mass is 10.1. The molecule has 0 saturated carbocycles. The van der Waals surface area contributed by atoms with Crippen molar-refractivity contribution in [2.24, 2.45) is 0 Å². The third-order valence-electron chi connectivity index (χ3n) is 2.31. The molecule has 0 radical (unpaired) electrons. The van der Waals surface area contributed by atoms with Gasteiger partial charge in [0.1, 0.15) is 0 Å². The molecular formula is C12H14N2O3. The Bertz CT molecular complexity index is 467. The van der Waals surface area contributed by atoms with Crippen molar-refractivity contribution in [1.29, 1.82) is 0 Å². The average molecular weight is 234 g/mol. The second kappa shape index (κ2) is 5.79. The highest BCUT2D eigenvalue weighted by atomic mass is 16.6. The van der Waals surface area contributed by atoms with Gasteiger partial charge < -0.3 is 5.32 Å². The van der Waals surface area contributed by atoms with E-state index in [0.717, 1.165) is 5.56 Å². The molecule has 1 rings (SSSR count). The van der Waals surface area contributed by atoms with Gasteiger partial charge in [0.15, 0.2) is 0 Å². The summed E-state index contributed by atoms with van der Waals surface area (Å²) in [6.45, 7) is 3.56. The van der Waals surface area contributed by atoms with Crippen molar-refractivity contribution in [2.75, 3.05) is 6.54 Å². The van der Waals surface area contributed by atoms with Gasteiger partial charge in [-0.1, -0.05) is 24.3 Å². The van der Waals surface area contributed by atoms with E-state index in [1.54, 1.807) is 31.2 Å². The van der Waals surface area contributed by atoms with Crippen LogP contribution in [0, 0.1) is 17.0 Å². The van der Waals surface area contributed by atoms with Crippen LogP contribution in [0.15, 0.2) is 24.3 Å². The van der Waals surface area contributed by atoms with Crippen LogP contribution in [0.25, 0.3) is 6.08 Å². The standard InChI is InChI=1S/C12H14N2O3/c1-9-11(6-4-8-13-10(2)15)5-3-7-12(9)14(16)17/h3-7H,8H2,1-2H3,(H,13,15). The Hall–Kier alpha value is -2.17. The van der Waals surface area contributed by atoms with Gasteiger partial charge in [0, 0.05) is 25.1 Å². The van der Waals surface area contributed by atoms with Gasteiger partial charge in [-0.15, -0.1) is 0 Å². The SMILES string of the molecule is CC(=O)NCC=Cc1cccc([N+](=O)[O-])c1C.